The molecular weight excluding hydrogens is 402 g/mol. The number of ether oxygens (including phenoxy) is 1. The summed E-state index contributed by atoms with van der Waals surface area (Å²) in [5.74, 6) is 1.37. The van der Waals surface area contributed by atoms with Crippen LogP contribution in [0.4, 0.5) is 5.69 Å². The van der Waals surface area contributed by atoms with Crippen molar-refractivity contribution in [1.29, 1.82) is 0 Å². The van der Waals surface area contributed by atoms with Crippen molar-refractivity contribution >= 4 is 22.5 Å². The number of fused-ring (bicyclic) bond motifs is 1. The number of anilines is 1. The summed E-state index contributed by atoms with van der Waals surface area (Å²) in [4.78, 5) is 29.9. The molecule has 3 aromatic carbocycles. The Morgan fingerprint density at radius 2 is 1.69 bits per heavy atom. The summed E-state index contributed by atoms with van der Waals surface area (Å²) in [6.07, 6.45) is 0. The average molecular weight is 428 g/mol. The van der Waals surface area contributed by atoms with Gasteiger partial charge in [-0.05, 0) is 60.9 Å². The fraction of sp³-hybridized carbons (Fsp3) is 0.192. The van der Waals surface area contributed by atoms with Crippen molar-refractivity contribution in [2.45, 2.75) is 26.7 Å². The van der Waals surface area contributed by atoms with Crippen LogP contribution in [0.5, 0.6) is 5.75 Å². The summed E-state index contributed by atoms with van der Waals surface area (Å²) < 4.78 is 7.30. The van der Waals surface area contributed by atoms with Crippen LogP contribution in [0.2, 0.25) is 0 Å². The number of rotatable bonds is 6. The van der Waals surface area contributed by atoms with Crippen LogP contribution in [0.3, 0.4) is 0 Å². The minimum Gasteiger partial charge on any atom is -0.483 e. The molecule has 1 N–H and O–H groups in total. The lowest BCUT2D eigenvalue weighted by Crippen LogP contribution is -2.22. The zero-order chi connectivity index (χ0) is 22.7. The molecule has 0 spiro atoms. The summed E-state index contributed by atoms with van der Waals surface area (Å²) in [5, 5.41) is 3.40. The maximum absolute atomic E-state index is 12.9. The Hall–Kier alpha value is -3.93. The highest BCUT2D eigenvalue weighted by atomic mass is 16.5. The lowest BCUT2D eigenvalue weighted by Gasteiger charge is -2.14. The minimum absolute atomic E-state index is 0.0847. The van der Waals surface area contributed by atoms with Crippen molar-refractivity contribution in [3.8, 4) is 11.4 Å². The molecule has 0 saturated carbocycles. The first-order chi connectivity index (χ1) is 15.4. The molecule has 1 amide bonds. The number of carbonyl (C=O) groups is 1. The molecule has 0 aliphatic rings. The number of aromatic nitrogens is 2. The fourth-order valence-electron chi connectivity index (χ4n) is 3.67. The summed E-state index contributed by atoms with van der Waals surface area (Å²) in [6.45, 7) is 5.89. The molecule has 0 saturated heterocycles. The van der Waals surface area contributed by atoms with Gasteiger partial charge in [0, 0.05) is 5.69 Å². The molecule has 0 fully saturated rings. The molecule has 0 unspecified atom stereocenters. The molecule has 4 rings (SSSR count). The topological polar surface area (TPSA) is 73.2 Å². The number of hydrogen-bond acceptors (Lipinski definition) is 4. The van der Waals surface area contributed by atoms with Crippen LogP contribution >= 0.6 is 0 Å². The first-order valence-electron chi connectivity index (χ1n) is 10.5. The van der Waals surface area contributed by atoms with E-state index in [-0.39, 0.29) is 18.1 Å². The van der Waals surface area contributed by atoms with Crippen molar-refractivity contribution < 1.29 is 9.53 Å². The highest BCUT2D eigenvalue weighted by Crippen LogP contribution is 2.25. The van der Waals surface area contributed by atoms with Crippen LogP contribution in [0.1, 0.15) is 31.2 Å². The molecule has 0 radical (unpaired) electrons. The van der Waals surface area contributed by atoms with E-state index in [9.17, 15) is 9.59 Å². The van der Waals surface area contributed by atoms with Gasteiger partial charge < -0.3 is 10.1 Å². The van der Waals surface area contributed by atoms with E-state index in [0.29, 0.717) is 39.8 Å². The standard InChI is InChI=1S/C26H25N3O3/c1-17(2)21-8-5-7-11-24(21)32-16-25(30)28-19-12-14-20(15-13-19)29-18(3)27-23-10-6-4-9-22(23)26(29)31/h4-15,17H,16H2,1-3H3,(H,28,30). The molecule has 6 heteroatoms. The van der Waals surface area contributed by atoms with Crippen molar-refractivity contribution in [3.63, 3.8) is 0 Å². The van der Waals surface area contributed by atoms with E-state index < -0.39 is 0 Å². The van der Waals surface area contributed by atoms with Crippen LogP contribution in [0, 0.1) is 6.92 Å². The molecule has 0 atom stereocenters. The number of carbonyl (C=O) groups excluding carboxylic acids is 1. The number of benzene rings is 3. The number of amides is 1. The Morgan fingerprint density at radius 1 is 1.00 bits per heavy atom. The average Bonchev–Trinajstić information content (AvgIpc) is 2.79. The van der Waals surface area contributed by atoms with Gasteiger partial charge in [0.2, 0.25) is 0 Å². The molecule has 0 aliphatic carbocycles. The van der Waals surface area contributed by atoms with Gasteiger partial charge in [0.1, 0.15) is 11.6 Å². The molecule has 1 aromatic heterocycles. The summed E-state index contributed by atoms with van der Waals surface area (Å²) in [7, 11) is 0. The van der Waals surface area contributed by atoms with Gasteiger partial charge in [0.25, 0.3) is 11.5 Å². The second-order valence-corrected chi connectivity index (χ2v) is 7.89. The van der Waals surface area contributed by atoms with Crippen molar-refractivity contribution in [3.05, 3.63) is 94.5 Å². The molecule has 32 heavy (non-hydrogen) atoms. The summed E-state index contributed by atoms with van der Waals surface area (Å²) >= 11 is 0. The molecule has 162 valence electrons. The second-order valence-electron chi connectivity index (χ2n) is 7.89. The highest BCUT2D eigenvalue weighted by Gasteiger charge is 2.11. The van der Waals surface area contributed by atoms with Crippen LogP contribution in [0.15, 0.2) is 77.6 Å². The smallest absolute Gasteiger partial charge is 0.265 e. The minimum atomic E-state index is -0.253. The van der Waals surface area contributed by atoms with Crippen LogP contribution < -0.4 is 15.6 Å². The van der Waals surface area contributed by atoms with Crippen LogP contribution in [-0.2, 0) is 4.79 Å². The van der Waals surface area contributed by atoms with E-state index in [1.165, 1.54) is 0 Å². The van der Waals surface area contributed by atoms with Gasteiger partial charge in [-0.25, -0.2) is 4.98 Å². The van der Waals surface area contributed by atoms with E-state index in [0.717, 1.165) is 5.56 Å². The van der Waals surface area contributed by atoms with Crippen molar-refractivity contribution in [1.82, 2.24) is 9.55 Å². The zero-order valence-electron chi connectivity index (χ0n) is 18.3. The van der Waals surface area contributed by atoms with E-state index >= 15 is 0 Å². The normalized spacial score (nSPS) is 11.0. The number of nitrogens with zero attached hydrogens (tertiary/aromatic N) is 2. The number of hydrogen-bond donors (Lipinski definition) is 1. The van der Waals surface area contributed by atoms with Gasteiger partial charge >= 0.3 is 0 Å². The third-order valence-corrected chi connectivity index (χ3v) is 5.25. The maximum atomic E-state index is 12.9. The fourth-order valence-corrected chi connectivity index (χ4v) is 3.67. The molecule has 6 nitrogen and oxygen atoms in total. The van der Waals surface area contributed by atoms with E-state index in [1.54, 1.807) is 41.8 Å². The van der Waals surface area contributed by atoms with Gasteiger partial charge in [-0.2, -0.15) is 0 Å². The first-order valence-corrected chi connectivity index (χ1v) is 10.5. The zero-order valence-corrected chi connectivity index (χ0v) is 18.3. The number of aryl methyl sites for hydroxylation is 1. The van der Waals surface area contributed by atoms with Gasteiger partial charge in [0.05, 0.1) is 16.6 Å². The third kappa shape index (κ3) is 4.39. The van der Waals surface area contributed by atoms with Crippen molar-refractivity contribution in [2.75, 3.05) is 11.9 Å². The van der Waals surface area contributed by atoms with Gasteiger partial charge in [-0.1, -0.05) is 44.2 Å². The Balaban J connectivity index is 1.48. The van der Waals surface area contributed by atoms with Gasteiger partial charge in [-0.15, -0.1) is 0 Å². The molecule has 0 bridgehead atoms. The number of nitrogens with one attached hydrogen (secondary N) is 1. The SMILES string of the molecule is Cc1nc2ccccc2c(=O)n1-c1ccc(NC(=O)COc2ccccc2C(C)C)cc1. The molecule has 4 aromatic rings. The monoisotopic (exact) mass is 427 g/mol. The Bertz CT molecular complexity index is 1320. The Kier molecular flexibility index (Phi) is 6.03. The van der Waals surface area contributed by atoms with Crippen LogP contribution in [0.25, 0.3) is 16.6 Å². The molecular formula is C26H25N3O3. The molecule has 1 heterocycles. The highest BCUT2D eigenvalue weighted by molar-refractivity contribution is 5.92. The van der Waals surface area contributed by atoms with Gasteiger partial charge in [-0.3, -0.25) is 14.2 Å². The Labute approximate surface area is 186 Å². The third-order valence-electron chi connectivity index (χ3n) is 5.25. The van der Waals surface area contributed by atoms with E-state index in [1.807, 2.05) is 42.5 Å². The second kappa shape index (κ2) is 9.06. The predicted octanol–water partition coefficient (Wildman–Crippen LogP) is 4.84. The first kappa shape index (κ1) is 21.3. The van der Waals surface area contributed by atoms with Gasteiger partial charge in [0.15, 0.2) is 6.61 Å². The van der Waals surface area contributed by atoms with E-state index in [4.69, 9.17) is 4.74 Å². The summed E-state index contributed by atoms with van der Waals surface area (Å²) in [6, 6.07) is 22.1. The predicted molar refractivity (Wildman–Crippen MR) is 127 cm³/mol. The van der Waals surface area contributed by atoms with Crippen molar-refractivity contribution in [2.24, 2.45) is 0 Å². The van der Waals surface area contributed by atoms with E-state index in [2.05, 4.69) is 24.1 Å². The maximum Gasteiger partial charge on any atom is 0.265 e. The molecule has 0 aliphatic heterocycles. The van der Waals surface area contributed by atoms with Crippen LogP contribution in [-0.4, -0.2) is 22.1 Å². The lowest BCUT2D eigenvalue weighted by molar-refractivity contribution is -0.118. The summed E-state index contributed by atoms with van der Waals surface area (Å²) in [5.41, 5.74) is 2.93. The Morgan fingerprint density at radius 3 is 2.44 bits per heavy atom. The number of para-hydroxylation sites is 2. The lowest BCUT2D eigenvalue weighted by atomic mass is 10.0. The largest absolute Gasteiger partial charge is 0.483 e. The quantitative estimate of drug-likeness (QED) is 0.478.